The first-order valence-electron chi connectivity index (χ1n) is 7.83. The first-order chi connectivity index (χ1) is 11.6. The van der Waals surface area contributed by atoms with Crippen LogP contribution in [0, 0.1) is 0 Å². The van der Waals surface area contributed by atoms with Crippen LogP contribution in [0.1, 0.15) is 30.8 Å². The quantitative estimate of drug-likeness (QED) is 0.815. The molecular formula is C18H23N3O3. The lowest BCUT2D eigenvalue weighted by Crippen LogP contribution is -2.32. The summed E-state index contributed by atoms with van der Waals surface area (Å²) in [5.41, 5.74) is 1.97. The molecule has 1 amide bonds. The topological polar surface area (TPSA) is 72.5 Å². The second-order valence-electron chi connectivity index (χ2n) is 5.41. The van der Waals surface area contributed by atoms with E-state index < -0.39 is 0 Å². The number of nitrogens with zero attached hydrogens (tertiary/aromatic N) is 1. The molecule has 6 nitrogen and oxygen atoms in total. The van der Waals surface area contributed by atoms with Crippen LogP contribution < -0.4 is 20.1 Å². The molecule has 1 unspecified atom stereocenters. The molecule has 0 saturated carbocycles. The average molecular weight is 329 g/mol. The van der Waals surface area contributed by atoms with Crippen molar-refractivity contribution < 1.29 is 14.3 Å². The van der Waals surface area contributed by atoms with Gasteiger partial charge < -0.3 is 20.1 Å². The molecule has 6 heteroatoms. The van der Waals surface area contributed by atoms with Crippen molar-refractivity contribution in [2.24, 2.45) is 0 Å². The maximum absolute atomic E-state index is 12.2. The fraction of sp³-hybridized carbons (Fsp3) is 0.333. The zero-order chi connectivity index (χ0) is 17.5. The summed E-state index contributed by atoms with van der Waals surface area (Å²) in [4.78, 5) is 16.3. The lowest BCUT2D eigenvalue weighted by atomic mass is 10.2. The highest BCUT2D eigenvalue weighted by atomic mass is 16.5. The van der Waals surface area contributed by atoms with E-state index in [1.54, 1.807) is 32.5 Å². The normalized spacial score (nSPS) is 11.5. The standard InChI is InChI=1S/C18H23N3O3/c1-5-12(2)20-18(22)15-10-14(8-9-19-15)21-13-6-7-16(23-3)17(11-13)24-4/h6-12H,5H2,1-4H3,(H,19,21)(H,20,22). The molecule has 1 heterocycles. The Bertz CT molecular complexity index is 704. The van der Waals surface area contributed by atoms with Crippen molar-refractivity contribution in [2.75, 3.05) is 19.5 Å². The molecule has 0 aliphatic rings. The van der Waals surface area contributed by atoms with Gasteiger partial charge in [0.1, 0.15) is 5.69 Å². The van der Waals surface area contributed by atoms with E-state index in [1.165, 1.54) is 0 Å². The summed E-state index contributed by atoms with van der Waals surface area (Å²) in [5, 5.41) is 6.14. The van der Waals surface area contributed by atoms with Crippen molar-refractivity contribution in [3.63, 3.8) is 0 Å². The Balaban J connectivity index is 2.16. The molecule has 2 aromatic rings. The van der Waals surface area contributed by atoms with E-state index in [0.29, 0.717) is 17.2 Å². The number of ether oxygens (including phenoxy) is 2. The minimum Gasteiger partial charge on any atom is -0.493 e. The zero-order valence-electron chi connectivity index (χ0n) is 14.4. The van der Waals surface area contributed by atoms with Crippen LogP contribution in [0.15, 0.2) is 36.5 Å². The molecule has 2 rings (SSSR count). The number of anilines is 2. The third kappa shape index (κ3) is 4.38. The molecule has 1 atom stereocenters. The molecule has 2 N–H and O–H groups in total. The van der Waals surface area contributed by atoms with E-state index in [4.69, 9.17) is 9.47 Å². The van der Waals surface area contributed by atoms with Crippen LogP contribution in [-0.4, -0.2) is 31.2 Å². The Hall–Kier alpha value is -2.76. The van der Waals surface area contributed by atoms with Gasteiger partial charge in [-0.2, -0.15) is 0 Å². The summed E-state index contributed by atoms with van der Waals surface area (Å²) in [6.45, 7) is 3.98. The molecule has 24 heavy (non-hydrogen) atoms. The van der Waals surface area contributed by atoms with E-state index in [9.17, 15) is 4.79 Å². The van der Waals surface area contributed by atoms with Crippen molar-refractivity contribution in [3.8, 4) is 11.5 Å². The number of rotatable bonds is 7. The lowest BCUT2D eigenvalue weighted by molar-refractivity contribution is 0.0934. The average Bonchev–Trinajstić information content (AvgIpc) is 2.61. The molecule has 0 saturated heterocycles. The summed E-state index contributed by atoms with van der Waals surface area (Å²) in [5.74, 6) is 1.11. The number of carbonyl (C=O) groups excluding carboxylic acids is 1. The van der Waals surface area contributed by atoms with Crippen molar-refractivity contribution in [1.29, 1.82) is 0 Å². The van der Waals surface area contributed by atoms with E-state index >= 15 is 0 Å². The van der Waals surface area contributed by atoms with Gasteiger partial charge in [-0.1, -0.05) is 6.92 Å². The summed E-state index contributed by atoms with van der Waals surface area (Å²) >= 11 is 0. The summed E-state index contributed by atoms with van der Waals surface area (Å²) < 4.78 is 10.5. The molecule has 0 aliphatic heterocycles. The Labute approximate surface area is 142 Å². The van der Waals surface area contributed by atoms with Gasteiger partial charge >= 0.3 is 0 Å². The number of nitrogens with one attached hydrogen (secondary N) is 2. The van der Waals surface area contributed by atoms with Gasteiger partial charge in [0, 0.05) is 29.7 Å². The van der Waals surface area contributed by atoms with Crippen molar-refractivity contribution in [3.05, 3.63) is 42.2 Å². The van der Waals surface area contributed by atoms with E-state index in [-0.39, 0.29) is 11.9 Å². The van der Waals surface area contributed by atoms with Crippen molar-refractivity contribution in [2.45, 2.75) is 26.3 Å². The highest BCUT2D eigenvalue weighted by molar-refractivity contribution is 5.93. The smallest absolute Gasteiger partial charge is 0.270 e. The molecule has 0 spiro atoms. The van der Waals surface area contributed by atoms with Gasteiger partial charge in [0.05, 0.1) is 14.2 Å². The predicted octanol–water partition coefficient (Wildman–Crippen LogP) is 3.37. The Morgan fingerprint density at radius 3 is 2.50 bits per heavy atom. The third-order valence-corrected chi connectivity index (χ3v) is 3.65. The largest absolute Gasteiger partial charge is 0.493 e. The summed E-state index contributed by atoms with van der Waals surface area (Å²) in [6.07, 6.45) is 2.48. The number of pyridine rings is 1. The summed E-state index contributed by atoms with van der Waals surface area (Å²) in [6, 6.07) is 9.16. The number of carbonyl (C=O) groups is 1. The lowest BCUT2D eigenvalue weighted by Gasteiger charge is -2.13. The van der Waals surface area contributed by atoms with Gasteiger partial charge in [0.2, 0.25) is 0 Å². The van der Waals surface area contributed by atoms with Gasteiger partial charge in [0.25, 0.3) is 5.91 Å². The number of amides is 1. The predicted molar refractivity (Wildman–Crippen MR) is 94.3 cm³/mol. The Morgan fingerprint density at radius 1 is 1.12 bits per heavy atom. The second kappa shape index (κ2) is 8.19. The monoisotopic (exact) mass is 329 g/mol. The zero-order valence-corrected chi connectivity index (χ0v) is 14.4. The third-order valence-electron chi connectivity index (χ3n) is 3.65. The first-order valence-corrected chi connectivity index (χ1v) is 7.83. The minimum absolute atomic E-state index is 0.113. The van der Waals surface area contributed by atoms with Crippen molar-refractivity contribution in [1.82, 2.24) is 10.3 Å². The van der Waals surface area contributed by atoms with Crippen LogP contribution in [0.5, 0.6) is 11.5 Å². The van der Waals surface area contributed by atoms with Crippen LogP contribution in [0.25, 0.3) is 0 Å². The fourth-order valence-corrected chi connectivity index (χ4v) is 2.11. The first kappa shape index (κ1) is 17.6. The van der Waals surface area contributed by atoms with E-state index in [1.807, 2.05) is 32.0 Å². The maximum Gasteiger partial charge on any atom is 0.270 e. The van der Waals surface area contributed by atoms with Crippen LogP contribution >= 0.6 is 0 Å². The Morgan fingerprint density at radius 2 is 1.83 bits per heavy atom. The number of methoxy groups -OCH3 is 2. The molecular weight excluding hydrogens is 306 g/mol. The van der Waals surface area contributed by atoms with Gasteiger partial charge in [-0.15, -0.1) is 0 Å². The molecule has 0 radical (unpaired) electrons. The van der Waals surface area contributed by atoms with Crippen LogP contribution in [0.2, 0.25) is 0 Å². The summed E-state index contributed by atoms with van der Waals surface area (Å²) in [7, 11) is 3.18. The number of hydrogen-bond acceptors (Lipinski definition) is 5. The number of aromatic nitrogens is 1. The molecule has 1 aromatic heterocycles. The van der Waals surface area contributed by atoms with Gasteiger partial charge in [0.15, 0.2) is 11.5 Å². The maximum atomic E-state index is 12.2. The molecule has 0 fully saturated rings. The van der Waals surface area contributed by atoms with E-state index in [0.717, 1.165) is 17.8 Å². The Kier molecular flexibility index (Phi) is 6.01. The highest BCUT2D eigenvalue weighted by Gasteiger charge is 2.11. The molecule has 0 bridgehead atoms. The minimum atomic E-state index is -0.180. The van der Waals surface area contributed by atoms with Gasteiger partial charge in [-0.3, -0.25) is 9.78 Å². The second-order valence-corrected chi connectivity index (χ2v) is 5.41. The van der Waals surface area contributed by atoms with E-state index in [2.05, 4.69) is 15.6 Å². The molecule has 128 valence electrons. The fourth-order valence-electron chi connectivity index (χ4n) is 2.11. The molecule has 0 aliphatic carbocycles. The van der Waals surface area contributed by atoms with Gasteiger partial charge in [-0.05, 0) is 37.6 Å². The number of benzene rings is 1. The van der Waals surface area contributed by atoms with Crippen molar-refractivity contribution >= 4 is 17.3 Å². The number of hydrogen-bond donors (Lipinski definition) is 2. The highest BCUT2D eigenvalue weighted by Crippen LogP contribution is 2.31. The van der Waals surface area contributed by atoms with Crippen LogP contribution in [0.3, 0.4) is 0 Å². The van der Waals surface area contributed by atoms with Crippen LogP contribution in [-0.2, 0) is 0 Å². The molecule has 1 aromatic carbocycles. The SMILES string of the molecule is CCC(C)NC(=O)c1cc(Nc2ccc(OC)c(OC)c2)ccn1. The van der Waals surface area contributed by atoms with Gasteiger partial charge in [-0.25, -0.2) is 0 Å². The van der Waals surface area contributed by atoms with Crippen LogP contribution in [0.4, 0.5) is 11.4 Å².